The average molecular weight is 487 g/mol. The highest BCUT2D eigenvalue weighted by Gasteiger charge is 2.21. The van der Waals surface area contributed by atoms with Crippen LogP contribution in [-0.4, -0.2) is 56.6 Å². The van der Waals surface area contributed by atoms with Crippen LogP contribution < -0.4 is 16.0 Å². The molecule has 0 unspecified atom stereocenters. The predicted octanol–water partition coefficient (Wildman–Crippen LogP) is 5.59. The molecule has 1 aromatic carbocycles. The van der Waals surface area contributed by atoms with Crippen LogP contribution in [0.25, 0.3) is 11.1 Å². The van der Waals surface area contributed by atoms with Crippen molar-refractivity contribution in [3.8, 4) is 11.1 Å². The first-order valence-corrected chi connectivity index (χ1v) is 13.2. The second-order valence-electron chi connectivity index (χ2n) is 9.41. The summed E-state index contributed by atoms with van der Waals surface area (Å²) < 4.78 is 10.9. The third-order valence-electron chi connectivity index (χ3n) is 6.93. The van der Waals surface area contributed by atoms with Crippen LogP contribution in [0.5, 0.6) is 0 Å². The topological polar surface area (TPSA) is 67.4 Å². The van der Waals surface area contributed by atoms with Gasteiger partial charge in [0.15, 0.2) is 0 Å². The molecule has 1 aliphatic carbocycles. The molecule has 4 rings (SSSR count). The van der Waals surface area contributed by atoms with Gasteiger partial charge in [0.2, 0.25) is 0 Å². The predicted molar refractivity (Wildman–Crippen MR) is 141 cm³/mol. The smallest absolute Gasteiger partial charge is 0.126 e. The summed E-state index contributed by atoms with van der Waals surface area (Å²) in [7, 11) is 0. The largest absolute Gasteiger partial charge is 0.385 e. The number of rotatable bonds is 11. The Hall–Kier alpha value is -1.86. The van der Waals surface area contributed by atoms with Gasteiger partial charge in [-0.3, -0.25) is 0 Å². The highest BCUT2D eigenvalue weighted by molar-refractivity contribution is 6.33. The summed E-state index contributed by atoms with van der Waals surface area (Å²) in [6, 6.07) is 11.6. The van der Waals surface area contributed by atoms with E-state index >= 15 is 0 Å². The van der Waals surface area contributed by atoms with Crippen LogP contribution in [0.2, 0.25) is 5.02 Å². The molecule has 34 heavy (non-hydrogen) atoms. The van der Waals surface area contributed by atoms with Crippen molar-refractivity contribution >= 4 is 23.1 Å². The van der Waals surface area contributed by atoms with Crippen molar-refractivity contribution in [3.05, 3.63) is 41.6 Å². The normalized spacial score (nSPS) is 21.4. The first-order valence-electron chi connectivity index (χ1n) is 12.9. The van der Waals surface area contributed by atoms with E-state index in [9.17, 15) is 0 Å². The van der Waals surface area contributed by atoms with Crippen molar-refractivity contribution in [3.63, 3.8) is 0 Å². The first kappa shape index (κ1) is 25.2. The van der Waals surface area contributed by atoms with Gasteiger partial charge in [-0.1, -0.05) is 23.7 Å². The second kappa shape index (κ2) is 13.3. The van der Waals surface area contributed by atoms with Crippen LogP contribution >= 0.6 is 11.6 Å². The summed E-state index contributed by atoms with van der Waals surface area (Å²) in [6.07, 6.45) is 8.64. The van der Waals surface area contributed by atoms with Crippen LogP contribution in [-0.2, 0) is 9.47 Å². The van der Waals surface area contributed by atoms with Crippen molar-refractivity contribution in [2.75, 3.05) is 50.2 Å². The van der Waals surface area contributed by atoms with Crippen LogP contribution in [0, 0.1) is 5.92 Å². The van der Waals surface area contributed by atoms with Crippen molar-refractivity contribution in [1.82, 2.24) is 10.3 Å². The molecule has 6 nitrogen and oxygen atoms in total. The van der Waals surface area contributed by atoms with Gasteiger partial charge < -0.3 is 25.4 Å². The highest BCUT2D eigenvalue weighted by Crippen LogP contribution is 2.32. The number of nitrogens with one attached hydrogen (secondary N) is 3. The maximum absolute atomic E-state index is 6.57. The Morgan fingerprint density at radius 2 is 1.85 bits per heavy atom. The van der Waals surface area contributed by atoms with Gasteiger partial charge in [-0.05, 0) is 75.1 Å². The molecule has 3 N–H and O–H groups in total. The van der Waals surface area contributed by atoms with E-state index in [4.69, 9.17) is 21.1 Å². The minimum Gasteiger partial charge on any atom is -0.385 e. The summed E-state index contributed by atoms with van der Waals surface area (Å²) in [6.45, 7) is 7.27. The molecule has 0 spiro atoms. The number of hydrogen-bond donors (Lipinski definition) is 3. The number of hydrogen-bond acceptors (Lipinski definition) is 6. The molecule has 1 saturated heterocycles. The molecule has 1 saturated carbocycles. The minimum absolute atomic E-state index is 0.443. The zero-order valence-electron chi connectivity index (χ0n) is 20.3. The van der Waals surface area contributed by atoms with Crippen LogP contribution in [0.1, 0.15) is 45.4 Å². The van der Waals surface area contributed by atoms with Crippen molar-refractivity contribution < 1.29 is 9.47 Å². The van der Waals surface area contributed by atoms with E-state index in [1.165, 1.54) is 12.8 Å². The summed E-state index contributed by atoms with van der Waals surface area (Å²) in [5, 5.41) is 11.5. The van der Waals surface area contributed by atoms with E-state index in [2.05, 4.69) is 51.3 Å². The van der Waals surface area contributed by atoms with E-state index in [1.54, 1.807) is 6.20 Å². The molecule has 0 amide bonds. The quantitative estimate of drug-likeness (QED) is 0.360. The van der Waals surface area contributed by atoms with E-state index in [0.717, 1.165) is 87.8 Å². The van der Waals surface area contributed by atoms with Gasteiger partial charge in [-0.2, -0.15) is 0 Å². The molecule has 2 fully saturated rings. The lowest BCUT2D eigenvalue weighted by Crippen LogP contribution is -2.38. The summed E-state index contributed by atoms with van der Waals surface area (Å²) in [4.78, 5) is 4.56. The van der Waals surface area contributed by atoms with E-state index < -0.39 is 0 Å². The molecular formula is C27H39ClN4O2. The number of benzene rings is 1. The molecule has 186 valence electrons. The molecule has 1 aliphatic heterocycles. The first-order chi connectivity index (χ1) is 16.7. The Kier molecular flexibility index (Phi) is 9.86. The van der Waals surface area contributed by atoms with Gasteiger partial charge in [0.1, 0.15) is 5.82 Å². The lowest BCUT2D eigenvalue weighted by molar-refractivity contribution is 0.0699. The van der Waals surface area contributed by atoms with Crippen LogP contribution in [0.3, 0.4) is 0 Å². The number of pyridine rings is 1. The third kappa shape index (κ3) is 7.57. The van der Waals surface area contributed by atoms with Gasteiger partial charge in [0.05, 0.1) is 11.6 Å². The van der Waals surface area contributed by atoms with Crippen molar-refractivity contribution in [1.29, 1.82) is 0 Å². The zero-order chi connectivity index (χ0) is 23.6. The maximum Gasteiger partial charge on any atom is 0.126 e. The standard InChI is InChI=1S/C27H39ClN4O2/c1-2-33-15-12-29-22-6-8-23(9-7-22)32-27-17-25(26(28)19-31-27)21-4-3-5-24(16-21)30-18-20-10-13-34-14-11-20/h3-5,16-17,19-20,22-23,29-30H,2,6-15,18H2,1H3,(H,31,32). The second-order valence-corrected chi connectivity index (χ2v) is 9.82. The lowest BCUT2D eigenvalue weighted by Gasteiger charge is -2.30. The van der Waals surface area contributed by atoms with Crippen molar-refractivity contribution in [2.45, 2.75) is 57.5 Å². The van der Waals surface area contributed by atoms with Gasteiger partial charge >= 0.3 is 0 Å². The number of aromatic nitrogens is 1. The van der Waals surface area contributed by atoms with Crippen LogP contribution in [0.4, 0.5) is 11.5 Å². The molecule has 2 heterocycles. The maximum atomic E-state index is 6.57. The molecule has 2 aliphatic rings. The fourth-order valence-electron chi connectivity index (χ4n) is 4.88. The number of ether oxygens (including phenoxy) is 2. The number of halogens is 1. The van der Waals surface area contributed by atoms with Crippen molar-refractivity contribution in [2.24, 2.45) is 5.92 Å². The third-order valence-corrected chi connectivity index (χ3v) is 7.23. The monoisotopic (exact) mass is 486 g/mol. The van der Waals surface area contributed by atoms with Crippen LogP contribution in [0.15, 0.2) is 36.5 Å². The molecule has 0 atom stereocenters. The fourth-order valence-corrected chi connectivity index (χ4v) is 5.09. The summed E-state index contributed by atoms with van der Waals surface area (Å²) in [5.74, 6) is 1.57. The Balaban J connectivity index is 1.32. The Labute approximate surface area is 209 Å². The van der Waals surface area contributed by atoms with E-state index in [0.29, 0.717) is 23.0 Å². The van der Waals surface area contributed by atoms with Gasteiger partial charge in [-0.15, -0.1) is 0 Å². The van der Waals surface area contributed by atoms with Gasteiger partial charge in [0, 0.05) is 62.4 Å². The Bertz CT molecular complexity index is 883. The summed E-state index contributed by atoms with van der Waals surface area (Å²) >= 11 is 6.57. The van der Waals surface area contributed by atoms with Gasteiger partial charge in [0.25, 0.3) is 0 Å². The molecule has 1 aromatic heterocycles. The molecular weight excluding hydrogens is 448 g/mol. The lowest BCUT2D eigenvalue weighted by atomic mass is 9.91. The Morgan fingerprint density at radius 3 is 2.65 bits per heavy atom. The SMILES string of the molecule is CCOCCNC1CCC(Nc2cc(-c3cccc(NCC4CCOCC4)c3)c(Cl)cn2)CC1. The fraction of sp³-hybridized carbons (Fsp3) is 0.593. The molecule has 0 bridgehead atoms. The van der Waals surface area contributed by atoms with E-state index in [1.807, 2.05) is 6.92 Å². The number of nitrogens with zero attached hydrogens (tertiary/aromatic N) is 1. The molecule has 0 radical (unpaired) electrons. The molecule has 2 aromatic rings. The van der Waals surface area contributed by atoms with Gasteiger partial charge in [-0.25, -0.2) is 4.98 Å². The van der Waals surface area contributed by atoms with E-state index in [-0.39, 0.29) is 0 Å². The average Bonchev–Trinajstić information content (AvgIpc) is 2.88. The highest BCUT2D eigenvalue weighted by atomic mass is 35.5. The molecule has 7 heteroatoms. The Morgan fingerprint density at radius 1 is 1.06 bits per heavy atom. The summed E-state index contributed by atoms with van der Waals surface area (Å²) in [5.41, 5.74) is 3.25. The number of anilines is 2. The minimum atomic E-state index is 0.443. The zero-order valence-corrected chi connectivity index (χ0v) is 21.1.